The van der Waals surface area contributed by atoms with Crippen LogP contribution >= 0.6 is 23.2 Å². The second-order valence-corrected chi connectivity index (χ2v) is 2.98. The minimum atomic E-state index is 0.659. The van der Waals surface area contributed by atoms with Crippen molar-refractivity contribution in [1.82, 2.24) is 5.32 Å². The zero-order chi connectivity index (χ0) is 8.27. The number of likely N-dealkylation sites (N-methyl/N-ethyl adjacent to an activating group) is 1. The maximum Gasteiger partial charge on any atom is 0.0713 e. The Morgan fingerprint density at radius 2 is 2.18 bits per heavy atom. The second-order valence-electron chi connectivity index (χ2n) is 2.16. The second kappa shape index (κ2) is 3.84. The fourth-order valence-corrected chi connectivity index (χ4v) is 1.50. The zero-order valence-corrected chi connectivity index (χ0v) is 7.71. The van der Waals surface area contributed by atoms with Crippen molar-refractivity contribution in [3.8, 4) is 0 Å². The highest BCUT2D eigenvalue weighted by Crippen LogP contribution is 2.22. The summed E-state index contributed by atoms with van der Waals surface area (Å²) in [7, 11) is 1.80. The molecule has 0 aromatic rings. The van der Waals surface area contributed by atoms with Gasteiger partial charge in [0.2, 0.25) is 0 Å². The summed E-state index contributed by atoms with van der Waals surface area (Å²) >= 11 is 11.8. The van der Waals surface area contributed by atoms with Crippen molar-refractivity contribution in [3.05, 3.63) is 34.0 Å². The number of hydrogen-bond donors (Lipinski definition) is 1. The van der Waals surface area contributed by atoms with Crippen LogP contribution in [0.15, 0.2) is 34.0 Å². The van der Waals surface area contributed by atoms with Crippen LogP contribution in [0.3, 0.4) is 0 Å². The van der Waals surface area contributed by atoms with Crippen LogP contribution in [0.4, 0.5) is 0 Å². The highest BCUT2D eigenvalue weighted by Gasteiger charge is 2.05. The lowest BCUT2D eigenvalue weighted by atomic mass is 10.3. The van der Waals surface area contributed by atoms with E-state index in [1.165, 1.54) is 0 Å². The molecule has 0 aromatic carbocycles. The predicted molar refractivity (Wildman–Crippen MR) is 49.6 cm³/mol. The molecule has 0 saturated heterocycles. The van der Waals surface area contributed by atoms with Gasteiger partial charge in [-0.2, -0.15) is 0 Å². The SMILES string of the molecule is CNC1=C(Cl)C=CCC=C1Cl. The summed E-state index contributed by atoms with van der Waals surface area (Å²) in [6, 6.07) is 0. The van der Waals surface area contributed by atoms with E-state index < -0.39 is 0 Å². The van der Waals surface area contributed by atoms with Gasteiger partial charge < -0.3 is 5.32 Å². The molecule has 1 rings (SSSR count). The van der Waals surface area contributed by atoms with Gasteiger partial charge in [-0.05, 0) is 12.5 Å². The first-order chi connectivity index (χ1) is 5.25. The molecule has 11 heavy (non-hydrogen) atoms. The molecule has 0 saturated carbocycles. The average molecular weight is 190 g/mol. The lowest BCUT2D eigenvalue weighted by Crippen LogP contribution is -2.06. The Morgan fingerprint density at radius 3 is 2.82 bits per heavy atom. The monoisotopic (exact) mass is 189 g/mol. The maximum atomic E-state index is 5.90. The third kappa shape index (κ3) is 2.01. The molecule has 0 heterocycles. The van der Waals surface area contributed by atoms with Crippen LogP contribution < -0.4 is 5.32 Å². The van der Waals surface area contributed by atoms with Crippen LogP contribution in [0.25, 0.3) is 0 Å². The van der Waals surface area contributed by atoms with Crippen molar-refractivity contribution in [2.24, 2.45) is 0 Å². The van der Waals surface area contributed by atoms with Crippen LogP contribution in [0.2, 0.25) is 0 Å². The lowest BCUT2D eigenvalue weighted by Gasteiger charge is -2.04. The number of nitrogens with one attached hydrogen (secondary N) is 1. The first-order valence-electron chi connectivity index (χ1n) is 3.36. The summed E-state index contributed by atoms with van der Waals surface area (Å²) in [5.74, 6) is 0. The summed E-state index contributed by atoms with van der Waals surface area (Å²) in [4.78, 5) is 0. The Morgan fingerprint density at radius 1 is 1.45 bits per heavy atom. The number of halogens is 2. The van der Waals surface area contributed by atoms with Crippen LogP contribution in [0.5, 0.6) is 0 Å². The molecule has 1 aliphatic carbocycles. The van der Waals surface area contributed by atoms with Gasteiger partial charge in [-0.3, -0.25) is 0 Å². The summed E-state index contributed by atoms with van der Waals surface area (Å²) in [5, 5.41) is 4.28. The Kier molecular flexibility index (Phi) is 3.03. The van der Waals surface area contributed by atoms with Crippen molar-refractivity contribution in [2.45, 2.75) is 6.42 Å². The minimum Gasteiger partial charge on any atom is -0.386 e. The van der Waals surface area contributed by atoms with E-state index in [0.29, 0.717) is 10.1 Å². The van der Waals surface area contributed by atoms with E-state index in [4.69, 9.17) is 23.2 Å². The molecule has 1 N–H and O–H groups in total. The van der Waals surface area contributed by atoms with Gasteiger partial charge in [0, 0.05) is 7.05 Å². The van der Waals surface area contributed by atoms with E-state index in [-0.39, 0.29) is 0 Å². The van der Waals surface area contributed by atoms with Crippen LogP contribution in [-0.2, 0) is 0 Å². The molecule has 1 nitrogen and oxygen atoms in total. The number of allylic oxidation sites excluding steroid dienone is 5. The molecule has 0 bridgehead atoms. The highest BCUT2D eigenvalue weighted by atomic mass is 35.5. The molecule has 0 aliphatic heterocycles. The predicted octanol–water partition coefficient (Wildman–Crippen LogP) is 2.74. The molecule has 0 unspecified atom stereocenters. The fourth-order valence-electron chi connectivity index (χ4n) is 0.881. The molecule has 0 spiro atoms. The third-order valence-electron chi connectivity index (χ3n) is 1.42. The Balaban J connectivity index is 3.02. The van der Waals surface area contributed by atoms with Gasteiger partial charge in [-0.1, -0.05) is 35.4 Å². The van der Waals surface area contributed by atoms with E-state index in [1.54, 1.807) is 7.05 Å². The first kappa shape index (κ1) is 8.69. The normalized spacial score (nSPS) is 17.9. The molecule has 60 valence electrons. The van der Waals surface area contributed by atoms with Crippen molar-refractivity contribution >= 4 is 23.2 Å². The van der Waals surface area contributed by atoms with Crippen LogP contribution in [-0.4, -0.2) is 7.05 Å². The summed E-state index contributed by atoms with van der Waals surface area (Å²) in [5.41, 5.74) is 0.794. The van der Waals surface area contributed by atoms with E-state index in [9.17, 15) is 0 Å². The van der Waals surface area contributed by atoms with E-state index >= 15 is 0 Å². The molecule has 0 radical (unpaired) electrons. The molecule has 0 fully saturated rings. The number of rotatable bonds is 1. The third-order valence-corrected chi connectivity index (χ3v) is 2.08. The highest BCUT2D eigenvalue weighted by molar-refractivity contribution is 6.36. The molecule has 1 aliphatic rings. The van der Waals surface area contributed by atoms with Crippen molar-refractivity contribution in [1.29, 1.82) is 0 Å². The molecule has 0 amide bonds. The van der Waals surface area contributed by atoms with Gasteiger partial charge >= 0.3 is 0 Å². The van der Waals surface area contributed by atoms with Crippen molar-refractivity contribution in [2.75, 3.05) is 7.05 Å². The van der Waals surface area contributed by atoms with Gasteiger partial charge in [0.05, 0.1) is 15.8 Å². The summed E-state index contributed by atoms with van der Waals surface area (Å²) in [6.45, 7) is 0. The summed E-state index contributed by atoms with van der Waals surface area (Å²) < 4.78 is 0. The van der Waals surface area contributed by atoms with E-state index in [0.717, 1.165) is 12.1 Å². The van der Waals surface area contributed by atoms with Crippen molar-refractivity contribution in [3.63, 3.8) is 0 Å². The largest absolute Gasteiger partial charge is 0.386 e. The molecular formula is C8H9Cl2N. The van der Waals surface area contributed by atoms with Crippen LogP contribution in [0.1, 0.15) is 6.42 Å². The Bertz CT molecular complexity index is 238. The minimum absolute atomic E-state index is 0.659. The van der Waals surface area contributed by atoms with Gasteiger partial charge in [0.15, 0.2) is 0 Å². The Labute approximate surface area is 76.4 Å². The van der Waals surface area contributed by atoms with Gasteiger partial charge in [0.1, 0.15) is 0 Å². The summed E-state index contributed by atoms with van der Waals surface area (Å²) in [6.07, 6.45) is 6.56. The number of hydrogen-bond acceptors (Lipinski definition) is 1. The molecule has 0 atom stereocenters. The smallest absolute Gasteiger partial charge is 0.0713 e. The molecule has 0 aromatic heterocycles. The first-order valence-corrected chi connectivity index (χ1v) is 4.11. The van der Waals surface area contributed by atoms with Gasteiger partial charge in [-0.25, -0.2) is 0 Å². The topological polar surface area (TPSA) is 12.0 Å². The maximum absolute atomic E-state index is 5.90. The lowest BCUT2D eigenvalue weighted by molar-refractivity contribution is 1.02. The van der Waals surface area contributed by atoms with Gasteiger partial charge in [-0.15, -0.1) is 0 Å². The quantitative estimate of drug-likeness (QED) is 0.670. The van der Waals surface area contributed by atoms with E-state index in [2.05, 4.69) is 5.32 Å². The zero-order valence-electron chi connectivity index (χ0n) is 6.20. The average Bonchev–Trinajstić information content (AvgIpc) is 2.12. The fraction of sp³-hybridized carbons (Fsp3) is 0.250. The standard InChI is InChI=1S/C8H9Cl2N/c1-11-8-6(9)4-2-3-5-7(8)10/h2,4-5,11H,3H2,1H3. The van der Waals surface area contributed by atoms with Gasteiger partial charge in [0.25, 0.3) is 0 Å². The molecule has 3 heteroatoms. The van der Waals surface area contributed by atoms with E-state index in [1.807, 2.05) is 18.2 Å². The molecular weight excluding hydrogens is 181 g/mol. The Hall–Kier alpha value is -0.400. The van der Waals surface area contributed by atoms with Crippen molar-refractivity contribution < 1.29 is 0 Å². The van der Waals surface area contributed by atoms with Crippen LogP contribution in [0, 0.1) is 0 Å².